The van der Waals surface area contributed by atoms with Crippen LogP contribution in [0.2, 0.25) is 10.0 Å². The summed E-state index contributed by atoms with van der Waals surface area (Å²) in [5.41, 5.74) is 1.34. The lowest BCUT2D eigenvalue weighted by Crippen LogP contribution is -2.21. The summed E-state index contributed by atoms with van der Waals surface area (Å²) in [6.07, 6.45) is 0. The van der Waals surface area contributed by atoms with Crippen LogP contribution in [0.4, 0.5) is 0 Å². The van der Waals surface area contributed by atoms with Gasteiger partial charge < -0.3 is 9.30 Å². The SMILES string of the molecule is CCOC(=O)C(C)n1c(C(C)Cl)nc2cc(Cl)c(Cl)cc21. The third-order valence-electron chi connectivity index (χ3n) is 3.13. The molecule has 0 aliphatic rings. The van der Waals surface area contributed by atoms with Crippen molar-refractivity contribution in [2.75, 3.05) is 6.61 Å². The van der Waals surface area contributed by atoms with Crippen LogP contribution in [-0.4, -0.2) is 22.1 Å². The molecule has 7 heteroatoms. The Labute approximate surface area is 137 Å². The van der Waals surface area contributed by atoms with Crippen molar-refractivity contribution in [3.63, 3.8) is 0 Å². The number of alkyl halides is 1. The predicted octanol–water partition coefficient (Wildman–Crippen LogP) is 4.77. The van der Waals surface area contributed by atoms with E-state index in [2.05, 4.69) is 4.98 Å². The molecule has 21 heavy (non-hydrogen) atoms. The van der Waals surface area contributed by atoms with E-state index >= 15 is 0 Å². The zero-order valence-corrected chi connectivity index (χ0v) is 14.1. The second-order valence-electron chi connectivity index (χ2n) is 4.64. The number of halogens is 3. The minimum absolute atomic E-state index is 0.314. The number of ether oxygens (including phenoxy) is 1. The summed E-state index contributed by atoms with van der Waals surface area (Å²) >= 11 is 18.3. The van der Waals surface area contributed by atoms with Gasteiger partial charge in [-0.15, -0.1) is 11.6 Å². The number of rotatable bonds is 4. The van der Waals surface area contributed by atoms with Gasteiger partial charge >= 0.3 is 5.97 Å². The maximum absolute atomic E-state index is 12.0. The molecule has 0 saturated heterocycles. The highest BCUT2D eigenvalue weighted by Crippen LogP contribution is 2.33. The Bertz CT molecular complexity index is 682. The Morgan fingerprint density at radius 1 is 1.33 bits per heavy atom. The van der Waals surface area contributed by atoms with Gasteiger partial charge in [-0.05, 0) is 32.9 Å². The van der Waals surface area contributed by atoms with Crippen LogP contribution >= 0.6 is 34.8 Å². The lowest BCUT2D eigenvalue weighted by molar-refractivity contribution is -0.146. The lowest BCUT2D eigenvalue weighted by atomic mass is 10.2. The van der Waals surface area contributed by atoms with Gasteiger partial charge in [0.15, 0.2) is 0 Å². The maximum atomic E-state index is 12.0. The van der Waals surface area contributed by atoms with Gasteiger partial charge in [0.05, 0.1) is 33.1 Å². The van der Waals surface area contributed by atoms with Gasteiger partial charge in [-0.2, -0.15) is 0 Å². The second kappa shape index (κ2) is 6.42. The first-order valence-corrected chi connectivity index (χ1v) is 7.73. The van der Waals surface area contributed by atoms with Crippen molar-refractivity contribution >= 4 is 51.8 Å². The quantitative estimate of drug-likeness (QED) is 0.590. The van der Waals surface area contributed by atoms with E-state index in [1.165, 1.54) is 0 Å². The minimum Gasteiger partial charge on any atom is -0.464 e. The van der Waals surface area contributed by atoms with Crippen molar-refractivity contribution in [1.82, 2.24) is 9.55 Å². The van der Waals surface area contributed by atoms with Crippen LogP contribution in [0.15, 0.2) is 12.1 Å². The minimum atomic E-state index is -0.552. The fourth-order valence-electron chi connectivity index (χ4n) is 2.16. The molecule has 2 aromatic rings. The lowest BCUT2D eigenvalue weighted by Gasteiger charge is -2.17. The zero-order chi connectivity index (χ0) is 15.7. The molecule has 1 aromatic heterocycles. The summed E-state index contributed by atoms with van der Waals surface area (Å²) < 4.78 is 6.82. The molecule has 0 N–H and O–H groups in total. The number of esters is 1. The Morgan fingerprint density at radius 2 is 1.95 bits per heavy atom. The second-order valence-corrected chi connectivity index (χ2v) is 6.11. The zero-order valence-electron chi connectivity index (χ0n) is 11.9. The molecule has 0 aliphatic heterocycles. The number of carbonyl (C=O) groups is 1. The smallest absolute Gasteiger partial charge is 0.328 e. The molecule has 0 fully saturated rings. The van der Waals surface area contributed by atoms with Gasteiger partial charge in [-0.1, -0.05) is 23.2 Å². The van der Waals surface area contributed by atoms with Crippen molar-refractivity contribution in [2.45, 2.75) is 32.2 Å². The van der Waals surface area contributed by atoms with Crippen molar-refractivity contribution < 1.29 is 9.53 Å². The predicted molar refractivity (Wildman–Crippen MR) is 85.4 cm³/mol. The highest BCUT2D eigenvalue weighted by Gasteiger charge is 2.25. The summed E-state index contributed by atoms with van der Waals surface area (Å²) in [7, 11) is 0. The largest absolute Gasteiger partial charge is 0.464 e. The molecule has 114 valence electrons. The fraction of sp³-hybridized carbons (Fsp3) is 0.429. The topological polar surface area (TPSA) is 44.1 Å². The molecule has 0 saturated carbocycles. The van der Waals surface area contributed by atoms with E-state index in [1.807, 2.05) is 0 Å². The molecule has 1 aromatic carbocycles. The van der Waals surface area contributed by atoms with Crippen LogP contribution in [0.1, 0.15) is 38.0 Å². The van der Waals surface area contributed by atoms with Crippen LogP contribution in [0.3, 0.4) is 0 Å². The molecule has 0 radical (unpaired) electrons. The Morgan fingerprint density at radius 3 is 2.52 bits per heavy atom. The van der Waals surface area contributed by atoms with Crippen molar-refractivity contribution in [3.05, 3.63) is 28.0 Å². The first-order valence-electron chi connectivity index (χ1n) is 6.54. The molecule has 0 bridgehead atoms. The van der Waals surface area contributed by atoms with Crippen LogP contribution < -0.4 is 0 Å². The van der Waals surface area contributed by atoms with Crippen molar-refractivity contribution in [1.29, 1.82) is 0 Å². The van der Waals surface area contributed by atoms with E-state index < -0.39 is 6.04 Å². The van der Waals surface area contributed by atoms with Gasteiger partial charge in [0.2, 0.25) is 0 Å². The van der Waals surface area contributed by atoms with Crippen LogP contribution in [0, 0.1) is 0 Å². The van der Waals surface area contributed by atoms with Crippen molar-refractivity contribution in [2.24, 2.45) is 0 Å². The first kappa shape index (κ1) is 16.4. The number of carbonyl (C=O) groups excluding carboxylic acids is 1. The first-order chi connectivity index (χ1) is 9.86. The van der Waals surface area contributed by atoms with E-state index in [-0.39, 0.29) is 11.3 Å². The van der Waals surface area contributed by atoms with Gasteiger partial charge in [0.1, 0.15) is 11.9 Å². The van der Waals surface area contributed by atoms with Gasteiger partial charge in [-0.25, -0.2) is 9.78 Å². The van der Waals surface area contributed by atoms with Crippen molar-refractivity contribution in [3.8, 4) is 0 Å². The normalized spacial score (nSPS) is 14.2. The highest BCUT2D eigenvalue weighted by molar-refractivity contribution is 6.42. The maximum Gasteiger partial charge on any atom is 0.328 e. The average molecular weight is 350 g/mol. The van der Waals surface area contributed by atoms with E-state index in [0.717, 1.165) is 0 Å². The molecule has 0 aliphatic carbocycles. The summed E-state index contributed by atoms with van der Waals surface area (Å²) in [6.45, 7) is 5.61. The standard InChI is InChI=1S/C14H15Cl3N2O2/c1-4-21-14(20)8(3)19-12-6-10(17)9(16)5-11(12)18-13(19)7(2)15/h5-8H,4H2,1-3H3. The number of fused-ring (bicyclic) bond motifs is 1. The van der Waals surface area contributed by atoms with Gasteiger partial charge in [-0.3, -0.25) is 0 Å². The summed E-state index contributed by atoms with van der Waals surface area (Å²) in [6, 6.07) is 2.80. The molecule has 2 unspecified atom stereocenters. The molecular formula is C14H15Cl3N2O2. The Hall–Kier alpha value is -0.970. The van der Waals surface area contributed by atoms with E-state index in [9.17, 15) is 4.79 Å². The highest BCUT2D eigenvalue weighted by atomic mass is 35.5. The number of imidazole rings is 1. The van der Waals surface area contributed by atoms with Crippen LogP contribution in [0.25, 0.3) is 11.0 Å². The fourth-order valence-corrected chi connectivity index (χ4v) is 2.63. The van der Waals surface area contributed by atoms with E-state index in [4.69, 9.17) is 39.5 Å². The van der Waals surface area contributed by atoms with Gasteiger partial charge in [0.25, 0.3) is 0 Å². The molecular weight excluding hydrogens is 335 g/mol. The molecule has 1 heterocycles. The third-order valence-corrected chi connectivity index (χ3v) is 4.05. The number of hydrogen-bond donors (Lipinski definition) is 0. The van der Waals surface area contributed by atoms with Crippen LogP contribution in [0.5, 0.6) is 0 Å². The summed E-state index contributed by atoms with van der Waals surface area (Å²) in [5, 5.41) is 0.438. The number of aromatic nitrogens is 2. The third kappa shape index (κ3) is 3.12. The Kier molecular flexibility index (Phi) is 5.02. The number of benzene rings is 1. The van der Waals surface area contributed by atoms with E-state index in [0.29, 0.717) is 33.5 Å². The summed E-state index contributed by atoms with van der Waals surface area (Å²) in [5.74, 6) is 0.229. The molecule has 0 amide bonds. The monoisotopic (exact) mass is 348 g/mol. The molecule has 2 rings (SSSR count). The van der Waals surface area contributed by atoms with Crippen LogP contribution in [-0.2, 0) is 9.53 Å². The number of nitrogens with zero attached hydrogens (tertiary/aromatic N) is 2. The molecule has 4 nitrogen and oxygen atoms in total. The number of hydrogen-bond acceptors (Lipinski definition) is 3. The molecule has 2 atom stereocenters. The summed E-state index contributed by atoms with van der Waals surface area (Å²) in [4.78, 5) is 16.5. The van der Waals surface area contributed by atoms with Gasteiger partial charge in [0, 0.05) is 0 Å². The molecule has 0 spiro atoms. The van der Waals surface area contributed by atoms with E-state index in [1.54, 1.807) is 37.5 Å². The average Bonchev–Trinajstić information content (AvgIpc) is 2.77. The Balaban J connectivity index is 2.66.